The third-order valence-corrected chi connectivity index (χ3v) is 7.72. The molecule has 0 spiro atoms. The molecule has 3 nitrogen and oxygen atoms in total. The largest absolute Gasteiger partial charge is 0.396 e. The van der Waals surface area contributed by atoms with Gasteiger partial charge in [0.25, 0.3) is 0 Å². The number of Topliss-reactive ketones (excluding diaryl/α,β-unsaturated/α-hetero) is 1. The van der Waals surface area contributed by atoms with Gasteiger partial charge >= 0.3 is 0 Å². The lowest BCUT2D eigenvalue weighted by Crippen LogP contribution is -2.55. The van der Waals surface area contributed by atoms with Crippen LogP contribution in [0.5, 0.6) is 0 Å². The minimum atomic E-state index is -0.479. The number of thioether (sulfide) groups is 1. The van der Waals surface area contributed by atoms with Gasteiger partial charge in [0, 0.05) is 22.1 Å². The Bertz CT molecular complexity index is 694. The number of benzene rings is 1. The first-order valence-corrected chi connectivity index (χ1v) is 9.93. The van der Waals surface area contributed by atoms with Gasteiger partial charge in [-0.1, -0.05) is 45.1 Å². The molecule has 3 rings (SSSR count). The summed E-state index contributed by atoms with van der Waals surface area (Å²) in [6.45, 7) is 7.04. The summed E-state index contributed by atoms with van der Waals surface area (Å²) in [6.07, 6.45) is 5.45. The van der Waals surface area contributed by atoms with Crippen molar-refractivity contribution in [2.24, 2.45) is 16.7 Å². The molecule has 1 aromatic carbocycles. The molecule has 1 fully saturated rings. The van der Waals surface area contributed by atoms with E-state index in [9.17, 15) is 4.79 Å². The lowest BCUT2D eigenvalue weighted by Gasteiger charge is -2.42. The van der Waals surface area contributed by atoms with Gasteiger partial charge in [0.05, 0.1) is 12.1 Å². The van der Waals surface area contributed by atoms with Crippen molar-refractivity contribution in [1.29, 1.82) is 0 Å². The molecule has 0 radical (unpaired) electrons. The summed E-state index contributed by atoms with van der Waals surface area (Å²) in [6, 6.07) is 7.87. The molecule has 25 heavy (non-hydrogen) atoms. The van der Waals surface area contributed by atoms with Crippen LogP contribution in [0.15, 0.2) is 41.3 Å². The van der Waals surface area contributed by atoms with Gasteiger partial charge in [0.1, 0.15) is 0 Å². The molecule has 4 heteroatoms. The van der Waals surface area contributed by atoms with Crippen LogP contribution in [-0.4, -0.2) is 47.8 Å². The summed E-state index contributed by atoms with van der Waals surface area (Å²) in [5.41, 5.74) is 0.424. The van der Waals surface area contributed by atoms with Crippen LogP contribution in [-0.2, 0) is 0 Å². The van der Waals surface area contributed by atoms with E-state index in [0.29, 0.717) is 5.75 Å². The predicted molar refractivity (Wildman–Crippen MR) is 104 cm³/mol. The average molecular weight is 360 g/mol. The van der Waals surface area contributed by atoms with Crippen LogP contribution in [0.25, 0.3) is 0 Å². The summed E-state index contributed by atoms with van der Waals surface area (Å²) in [5.74, 6) is 1.12. The molecule has 2 aliphatic carbocycles. The van der Waals surface area contributed by atoms with Crippen LogP contribution in [0.1, 0.15) is 37.6 Å². The first-order valence-electron chi connectivity index (χ1n) is 8.94. The minimum Gasteiger partial charge on any atom is -0.396 e. The Morgan fingerprint density at radius 3 is 2.32 bits per heavy atom. The molecule has 3 unspecified atom stereocenters. The van der Waals surface area contributed by atoms with Gasteiger partial charge in [-0.2, -0.15) is 0 Å². The van der Waals surface area contributed by atoms with E-state index >= 15 is 0 Å². The number of carbonyl (C=O) groups is 1. The van der Waals surface area contributed by atoms with Crippen molar-refractivity contribution in [2.45, 2.75) is 37.6 Å². The molecule has 1 aromatic rings. The number of ketones is 1. The molecule has 0 amide bonds. The fourth-order valence-corrected chi connectivity index (χ4v) is 5.46. The smallest absolute Gasteiger partial charge is 0.183 e. The third kappa shape index (κ3) is 2.61. The van der Waals surface area contributed by atoms with Crippen molar-refractivity contribution in [1.82, 2.24) is 4.90 Å². The summed E-state index contributed by atoms with van der Waals surface area (Å²) in [5, 5.41) is 8.96. The Balaban J connectivity index is 1.95. The van der Waals surface area contributed by atoms with E-state index in [1.807, 2.05) is 38.4 Å². The first-order chi connectivity index (χ1) is 11.7. The van der Waals surface area contributed by atoms with Crippen LogP contribution in [0.3, 0.4) is 0 Å². The maximum Gasteiger partial charge on any atom is 0.183 e. The number of carbonyl (C=O) groups excluding carboxylic acids is 1. The van der Waals surface area contributed by atoms with Gasteiger partial charge in [-0.05, 0) is 43.5 Å². The van der Waals surface area contributed by atoms with E-state index < -0.39 is 5.54 Å². The van der Waals surface area contributed by atoms with Crippen molar-refractivity contribution in [3.63, 3.8) is 0 Å². The predicted octanol–water partition coefficient (Wildman–Crippen LogP) is 3.88. The number of likely N-dealkylation sites (N-methyl/N-ethyl adjacent to an activating group) is 1. The van der Waals surface area contributed by atoms with Gasteiger partial charge in [-0.25, -0.2) is 0 Å². The Labute approximate surface area is 155 Å². The maximum atomic E-state index is 13.6. The lowest BCUT2D eigenvalue weighted by molar-refractivity contribution is 0.0549. The van der Waals surface area contributed by atoms with E-state index in [4.69, 9.17) is 5.11 Å². The molecule has 2 bridgehead atoms. The topological polar surface area (TPSA) is 40.5 Å². The van der Waals surface area contributed by atoms with Gasteiger partial charge in [0.2, 0.25) is 0 Å². The monoisotopic (exact) mass is 359 g/mol. The molecule has 2 aliphatic rings. The zero-order valence-electron chi connectivity index (χ0n) is 15.9. The Morgan fingerprint density at radius 2 is 1.88 bits per heavy atom. The summed E-state index contributed by atoms with van der Waals surface area (Å²) < 4.78 is 0. The molecule has 136 valence electrons. The molecule has 0 heterocycles. The van der Waals surface area contributed by atoms with E-state index in [1.54, 1.807) is 11.8 Å². The lowest BCUT2D eigenvalue weighted by atomic mass is 9.70. The highest BCUT2D eigenvalue weighted by Crippen LogP contribution is 2.67. The van der Waals surface area contributed by atoms with Crippen molar-refractivity contribution in [3.8, 4) is 0 Å². The van der Waals surface area contributed by atoms with Crippen molar-refractivity contribution >= 4 is 17.5 Å². The SMILES string of the molecule is CN(C)C1(C(=O)c2ccc(SCCO)cc2)CC2(C)C=CC1C2(C)C. The number of aliphatic hydroxyl groups excluding tert-OH is 1. The molecular formula is C21H29NO2S. The van der Waals surface area contributed by atoms with E-state index in [2.05, 4.69) is 37.8 Å². The molecule has 0 saturated heterocycles. The number of nitrogens with zero attached hydrogens (tertiary/aromatic N) is 1. The van der Waals surface area contributed by atoms with Crippen LogP contribution in [0.2, 0.25) is 0 Å². The highest BCUT2D eigenvalue weighted by Gasteiger charge is 2.68. The fraction of sp³-hybridized carbons (Fsp3) is 0.571. The number of fused-ring (bicyclic) bond motifs is 2. The van der Waals surface area contributed by atoms with Crippen LogP contribution >= 0.6 is 11.8 Å². The number of aliphatic hydroxyl groups is 1. The Kier molecular flexibility index (Phi) is 4.68. The van der Waals surface area contributed by atoms with Crippen LogP contribution in [0.4, 0.5) is 0 Å². The first kappa shape index (κ1) is 18.7. The van der Waals surface area contributed by atoms with E-state index in [-0.39, 0.29) is 29.1 Å². The van der Waals surface area contributed by atoms with E-state index in [1.165, 1.54) is 0 Å². The highest BCUT2D eigenvalue weighted by atomic mass is 32.2. The average Bonchev–Trinajstić information content (AvgIpc) is 2.91. The molecule has 0 aromatic heterocycles. The summed E-state index contributed by atoms with van der Waals surface area (Å²) in [4.78, 5) is 16.9. The van der Waals surface area contributed by atoms with Gasteiger partial charge in [-0.3, -0.25) is 9.69 Å². The van der Waals surface area contributed by atoms with Crippen LogP contribution in [0, 0.1) is 16.7 Å². The highest BCUT2D eigenvalue weighted by molar-refractivity contribution is 7.99. The van der Waals surface area contributed by atoms with Crippen LogP contribution < -0.4 is 0 Å². The second-order valence-corrected chi connectivity index (χ2v) is 9.57. The minimum absolute atomic E-state index is 0.0501. The van der Waals surface area contributed by atoms with Crippen molar-refractivity contribution in [3.05, 3.63) is 42.0 Å². The zero-order chi connectivity index (χ0) is 18.5. The molecule has 3 atom stereocenters. The quantitative estimate of drug-likeness (QED) is 0.475. The summed E-state index contributed by atoms with van der Waals surface area (Å²) in [7, 11) is 4.08. The second kappa shape index (κ2) is 6.26. The Morgan fingerprint density at radius 1 is 1.24 bits per heavy atom. The second-order valence-electron chi connectivity index (χ2n) is 8.40. The molecule has 1 N–H and O–H groups in total. The standard InChI is InChI=1S/C21H29NO2S/c1-19(2)17-10-11-20(19,3)14-21(17,22(4)5)18(24)15-6-8-16(9-7-15)25-13-12-23/h6-11,17,23H,12-14H2,1-5H3. The Hall–Kier alpha value is -1.10. The molecule has 1 saturated carbocycles. The van der Waals surface area contributed by atoms with E-state index in [0.717, 1.165) is 16.9 Å². The van der Waals surface area contributed by atoms with Crippen molar-refractivity contribution in [2.75, 3.05) is 26.5 Å². The number of hydrogen-bond acceptors (Lipinski definition) is 4. The number of rotatable bonds is 6. The fourth-order valence-electron chi connectivity index (χ4n) is 4.81. The van der Waals surface area contributed by atoms with Gasteiger partial charge < -0.3 is 5.11 Å². The molecular weight excluding hydrogens is 330 g/mol. The van der Waals surface area contributed by atoms with Crippen molar-refractivity contribution < 1.29 is 9.90 Å². The van der Waals surface area contributed by atoms with Gasteiger partial charge in [0.15, 0.2) is 5.78 Å². The summed E-state index contributed by atoms with van der Waals surface area (Å²) >= 11 is 1.61. The van der Waals surface area contributed by atoms with Gasteiger partial charge in [-0.15, -0.1) is 11.8 Å². The normalized spacial score (nSPS) is 32.5. The molecule has 0 aliphatic heterocycles. The number of hydrogen-bond donors (Lipinski definition) is 1. The third-order valence-electron chi connectivity index (χ3n) is 6.72. The maximum absolute atomic E-state index is 13.6. The number of allylic oxidation sites excluding steroid dienone is 1. The zero-order valence-corrected chi connectivity index (χ0v) is 16.7.